The third kappa shape index (κ3) is 6.28. The predicted octanol–water partition coefficient (Wildman–Crippen LogP) is 5.75. The van der Waals surface area contributed by atoms with Gasteiger partial charge in [-0.3, -0.25) is 5.32 Å². The van der Waals surface area contributed by atoms with E-state index >= 15 is 0 Å². The zero-order valence-electron chi connectivity index (χ0n) is 16.8. The highest BCUT2D eigenvalue weighted by Crippen LogP contribution is 2.29. The number of carbonyl (C=O) groups excluding carboxylic acids is 1. The van der Waals surface area contributed by atoms with E-state index in [4.69, 9.17) is 9.47 Å². The van der Waals surface area contributed by atoms with Gasteiger partial charge in [0.05, 0.1) is 12.3 Å². The van der Waals surface area contributed by atoms with Gasteiger partial charge in [-0.15, -0.1) is 0 Å². The Morgan fingerprint density at radius 3 is 2.48 bits per heavy atom. The van der Waals surface area contributed by atoms with E-state index in [9.17, 15) is 4.79 Å². The van der Waals surface area contributed by atoms with Crippen LogP contribution in [0.15, 0.2) is 72.8 Å². The molecule has 150 valence electrons. The maximum absolute atomic E-state index is 11.9. The third-order valence-electron chi connectivity index (χ3n) is 4.31. The Kier molecular flexibility index (Phi) is 7.11. The minimum Gasteiger partial charge on any atom is -0.487 e. The SMILES string of the molecule is CCOC(=O)Nc1ccc(NCc2cccc(C)c2)cc1OCc1ccccc1. The summed E-state index contributed by atoms with van der Waals surface area (Å²) in [6.45, 7) is 5.26. The van der Waals surface area contributed by atoms with E-state index in [0.717, 1.165) is 11.3 Å². The summed E-state index contributed by atoms with van der Waals surface area (Å²) in [6.07, 6.45) is -0.502. The second-order valence-electron chi connectivity index (χ2n) is 6.67. The Morgan fingerprint density at radius 1 is 0.931 bits per heavy atom. The molecule has 0 aliphatic carbocycles. The number of aryl methyl sites for hydroxylation is 1. The Hall–Kier alpha value is -3.47. The highest BCUT2D eigenvalue weighted by Gasteiger charge is 2.10. The Balaban J connectivity index is 1.74. The smallest absolute Gasteiger partial charge is 0.411 e. The summed E-state index contributed by atoms with van der Waals surface area (Å²) in [7, 11) is 0. The van der Waals surface area contributed by atoms with Crippen molar-refractivity contribution < 1.29 is 14.3 Å². The van der Waals surface area contributed by atoms with Gasteiger partial charge in [-0.05, 0) is 37.1 Å². The van der Waals surface area contributed by atoms with Crippen molar-refractivity contribution in [1.82, 2.24) is 0 Å². The van der Waals surface area contributed by atoms with Gasteiger partial charge >= 0.3 is 6.09 Å². The molecule has 0 saturated heterocycles. The summed E-state index contributed by atoms with van der Waals surface area (Å²) in [5.41, 5.74) is 4.95. The molecular weight excluding hydrogens is 364 g/mol. The molecule has 0 radical (unpaired) electrons. The summed E-state index contributed by atoms with van der Waals surface area (Å²) in [6, 6.07) is 23.9. The zero-order valence-corrected chi connectivity index (χ0v) is 16.8. The van der Waals surface area contributed by atoms with Gasteiger partial charge in [-0.1, -0.05) is 60.2 Å². The molecule has 0 bridgehead atoms. The number of amides is 1. The number of rotatable bonds is 8. The van der Waals surface area contributed by atoms with E-state index < -0.39 is 6.09 Å². The summed E-state index contributed by atoms with van der Waals surface area (Å²) in [5.74, 6) is 0.580. The molecule has 5 nitrogen and oxygen atoms in total. The molecule has 2 N–H and O–H groups in total. The van der Waals surface area contributed by atoms with Gasteiger partial charge in [0.25, 0.3) is 0 Å². The molecule has 0 unspecified atom stereocenters. The molecule has 29 heavy (non-hydrogen) atoms. The van der Waals surface area contributed by atoms with Gasteiger partial charge in [0, 0.05) is 18.3 Å². The Bertz CT molecular complexity index is 942. The molecule has 0 heterocycles. The van der Waals surface area contributed by atoms with E-state index in [1.165, 1.54) is 11.1 Å². The van der Waals surface area contributed by atoms with E-state index in [1.807, 2.05) is 54.6 Å². The second-order valence-corrected chi connectivity index (χ2v) is 6.67. The molecule has 0 saturated carbocycles. The first kappa shape index (κ1) is 20.3. The standard InChI is InChI=1S/C24H26N2O3/c1-3-28-24(27)26-22-13-12-21(25-16-20-11-7-8-18(2)14-20)15-23(22)29-17-19-9-5-4-6-10-19/h4-15,25H,3,16-17H2,1-2H3,(H,26,27). The monoisotopic (exact) mass is 390 g/mol. The van der Waals surface area contributed by atoms with Crippen LogP contribution in [0.5, 0.6) is 5.75 Å². The lowest BCUT2D eigenvalue weighted by Crippen LogP contribution is -2.14. The first-order valence-electron chi connectivity index (χ1n) is 9.68. The van der Waals surface area contributed by atoms with Crippen molar-refractivity contribution in [3.63, 3.8) is 0 Å². The molecule has 0 aromatic heterocycles. The van der Waals surface area contributed by atoms with E-state index in [2.05, 4.69) is 35.8 Å². The minimum atomic E-state index is -0.502. The van der Waals surface area contributed by atoms with Crippen molar-refractivity contribution in [3.05, 3.63) is 89.5 Å². The Morgan fingerprint density at radius 2 is 1.72 bits per heavy atom. The predicted molar refractivity (Wildman–Crippen MR) is 116 cm³/mol. The highest BCUT2D eigenvalue weighted by molar-refractivity contribution is 5.87. The summed E-state index contributed by atoms with van der Waals surface area (Å²) >= 11 is 0. The maximum atomic E-state index is 11.9. The number of hydrogen-bond donors (Lipinski definition) is 2. The van der Waals surface area contributed by atoms with Crippen LogP contribution in [0.2, 0.25) is 0 Å². The van der Waals surface area contributed by atoms with Gasteiger partial charge in [0.1, 0.15) is 12.4 Å². The van der Waals surface area contributed by atoms with Gasteiger partial charge in [-0.25, -0.2) is 4.79 Å². The fraction of sp³-hybridized carbons (Fsp3) is 0.208. The third-order valence-corrected chi connectivity index (χ3v) is 4.31. The minimum absolute atomic E-state index is 0.308. The van der Waals surface area contributed by atoms with E-state index in [1.54, 1.807) is 6.92 Å². The van der Waals surface area contributed by atoms with Crippen LogP contribution in [-0.4, -0.2) is 12.7 Å². The van der Waals surface area contributed by atoms with Crippen molar-refractivity contribution in [1.29, 1.82) is 0 Å². The van der Waals surface area contributed by atoms with Crippen LogP contribution in [0.25, 0.3) is 0 Å². The zero-order chi connectivity index (χ0) is 20.5. The molecule has 3 aromatic rings. The normalized spacial score (nSPS) is 10.3. The van der Waals surface area contributed by atoms with Gasteiger partial charge in [-0.2, -0.15) is 0 Å². The van der Waals surface area contributed by atoms with Crippen LogP contribution in [0.1, 0.15) is 23.6 Å². The largest absolute Gasteiger partial charge is 0.487 e. The first-order valence-corrected chi connectivity index (χ1v) is 9.68. The Labute approximate surface area is 171 Å². The highest BCUT2D eigenvalue weighted by atomic mass is 16.5. The molecule has 0 atom stereocenters. The molecule has 0 spiro atoms. The van der Waals surface area contributed by atoms with Crippen LogP contribution in [0.3, 0.4) is 0 Å². The lowest BCUT2D eigenvalue weighted by Gasteiger charge is -2.15. The van der Waals surface area contributed by atoms with Crippen LogP contribution in [0, 0.1) is 6.92 Å². The molecule has 1 amide bonds. The molecule has 0 fully saturated rings. The van der Waals surface area contributed by atoms with Crippen LogP contribution >= 0.6 is 0 Å². The van der Waals surface area contributed by atoms with Crippen molar-refractivity contribution in [2.75, 3.05) is 17.2 Å². The van der Waals surface area contributed by atoms with Crippen LogP contribution < -0.4 is 15.4 Å². The molecule has 5 heteroatoms. The fourth-order valence-electron chi connectivity index (χ4n) is 2.89. The maximum Gasteiger partial charge on any atom is 0.411 e. The molecule has 3 aromatic carbocycles. The van der Waals surface area contributed by atoms with Crippen molar-refractivity contribution in [3.8, 4) is 5.75 Å². The summed E-state index contributed by atoms with van der Waals surface area (Å²) in [4.78, 5) is 11.9. The first-order chi connectivity index (χ1) is 14.1. The fourth-order valence-corrected chi connectivity index (χ4v) is 2.89. The number of carbonyl (C=O) groups is 1. The van der Waals surface area contributed by atoms with Gasteiger partial charge in [0.2, 0.25) is 0 Å². The number of benzene rings is 3. The topological polar surface area (TPSA) is 59.6 Å². The van der Waals surface area contributed by atoms with Crippen molar-refractivity contribution >= 4 is 17.5 Å². The average Bonchev–Trinajstić information content (AvgIpc) is 2.73. The lowest BCUT2D eigenvalue weighted by atomic mass is 10.1. The quantitative estimate of drug-likeness (QED) is 0.514. The number of nitrogens with one attached hydrogen (secondary N) is 2. The number of hydrogen-bond acceptors (Lipinski definition) is 4. The summed E-state index contributed by atoms with van der Waals surface area (Å²) in [5, 5.41) is 6.15. The molecule has 0 aliphatic rings. The van der Waals surface area contributed by atoms with Crippen molar-refractivity contribution in [2.45, 2.75) is 27.0 Å². The van der Waals surface area contributed by atoms with Crippen molar-refractivity contribution in [2.24, 2.45) is 0 Å². The van der Waals surface area contributed by atoms with Gasteiger partial charge < -0.3 is 14.8 Å². The lowest BCUT2D eigenvalue weighted by molar-refractivity contribution is 0.167. The molecular formula is C24H26N2O3. The van der Waals surface area contributed by atoms with E-state index in [-0.39, 0.29) is 0 Å². The average molecular weight is 390 g/mol. The van der Waals surface area contributed by atoms with Crippen LogP contribution in [-0.2, 0) is 17.9 Å². The number of anilines is 2. The summed E-state index contributed by atoms with van der Waals surface area (Å²) < 4.78 is 11.0. The molecule has 3 rings (SSSR count). The van der Waals surface area contributed by atoms with E-state index in [0.29, 0.717) is 31.2 Å². The van der Waals surface area contributed by atoms with Crippen LogP contribution in [0.4, 0.5) is 16.2 Å². The second kappa shape index (κ2) is 10.2. The number of ether oxygens (including phenoxy) is 2. The molecule has 0 aliphatic heterocycles. The van der Waals surface area contributed by atoms with Gasteiger partial charge in [0.15, 0.2) is 0 Å².